The van der Waals surface area contributed by atoms with Crippen molar-refractivity contribution >= 4 is 49.3 Å². The number of rotatable bonds is 4. The first-order chi connectivity index (χ1) is 22.1. The molecular formula is C39H25N5OPt. The molecule has 0 saturated heterocycles. The third-order valence-electron chi connectivity index (χ3n) is 8.57. The molecule has 0 atom stereocenters. The normalized spacial score (nSPS) is 11.5. The van der Waals surface area contributed by atoms with Crippen LogP contribution in [0.1, 0.15) is 11.1 Å². The van der Waals surface area contributed by atoms with Gasteiger partial charge in [0.15, 0.2) is 0 Å². The van der Waals surface area contributed by atoms with Crippen LogP contribution >= 0.6 is 0 Å². The first-order valence-electron chi connectivity index (χ1n) is 14.9. The van der Waals surface area contributed by atoms with Crippen LogP contribution in [0.2, 0.25) is 0 Å². The Bertz CT molecular complexity index is 2580. The van der Waals surface area contributed by atoms with E-state index in [1.54, 1.807) is 12.4 Å². The monoisotopic (exact) mass is 774 g/mol. The number of para-hydroxylation sites is 1. The van der Waals surface area contributed by atoms with E-state index in [0.717, 1.165) is 60.8 Å². The molecule has 0 aliphatic rings. The topological polar surface area (TPSA) is 57.2 Å². The molecule has 0 amide bonds. The Hall–Kier alpha value is -5.32. The van der Waals surface area contributed by atoms with Crippen LogP contribution in [0.15, 0.2) is 116 Å². The van der Waals surface area contributed by atoms with E-state index in [-0.39, 0.29) is 21.1 Å². The standard InChI is InChI=1S/C39H25N5O.Pt/c1-24-8-7-9-25(2)37(24)33-18-17-31-28-15-13-26(22-32(28)38-41-20-21-43(38)39(31)42-33)45-27-14-16-30-29-10-3-4-11-34(29)44(35(30)23-27)36-12-5-6-19-40-36;/h3-21H,1-2H3;/q-2;+2. The molecule has 222 valence electrons. The van der Waals surface area contributed by atoms with Crippen LogP contribution in [-0.2, 0) is 21.1 Å². The number of aromatic nitrogens is 5. The Morgan fingerprint density at radius 1 is 0.630 bits per heavy atom. The Kier molecular flexibility index (Phi) is 6.70. The summed E-state index contributed by atoms with van der Waals surface area (Å²) in [4.78, 5) is 14.5. The predicted octanol–water partition coefficient (Wildman–Crippen LogP) is 9.20. The van der Waals surface area contributed by atoms with E-state index >= 15 is 0 Å². The van der Waals surface area contributed by atoms with Gasteiger partial charge in [-0.1, -0.05) is 70.9 Å². The van der Waals surface area contributed by atoms with E-state index in [9.17, 15) is 0 Å². The first-order valence-corrected chi connectivity index (χ1v) is 14.9. The average Bonchev–Trinajstić information content (AvgIpc) is 3.69. The van der Waals surface area contributed by atoms with Crippen LogP contribution in [0.4, 0.5) is 0 Å². The number of pyridine rings is 3. The summed E-state index contributed by atoms with van der Waals surface area (Å²) >= 11 is 0. The molecular weight excluding hydrogens is 750 g/mol. The van der Waals surface area contributed by atoms with Gasteiger partial charge in [0.05, 0.1) is 11.3 Å². The number of benzene rings is 4. The summed E-state index contributed by atoms with van der Waals surface area (Å²) in [6.07, 6.45) is 5.57. The fourth-order valence-electron chi connectivity index (χ4n) is 6.57. The van der Waals surface area contributed by atoms with Crippen LogP contribution in [0.5, 0.6) is 11.5 Å². The van der Waals surface area contributed by atoms with Crippen molar-refractivity contribution in [2.24, 2.45) is 0 Å². The van der Waals surface area contributed by atoms with Gasteiger partial charge >= 0.3 is 21.1 Å². The summed E-state index contributed by atoms with van der Waals surface area (Å²) < 4.78 is 10.6. The molecule has 0 bridgehead atoms. The molecule has 0 aliphatic carbocycles. The van der Waals surface area contributed by atoms with Gasteiger partial charge in [0, 0.05) is 41.2 Å². The van der Waals surface area contributed by atoms with Crippen LogP contribution in [-0.4, -0.2) is 23.9 Å². The molecule has 46 heavy (non-hydrogen) atoms. The quantitative estimate of drug-likeness (QED) is 0.132. The van der Waals surface area contributed by atoms with Gasteiger partial charge in [-0.3, -0.25) is 4.98 Å². The molecule has 9 aromatic rings. The maximum absolute atomic E-state index is 6.42. The predicted molar refractivity (Wildman–Crippen MR) is 179 cm³/mol. The van der Waals surface area contributed by atoms with Gasteiger partial charge in [-0.2, -0.15) is 6.07 Å². The molecule has 4 aromatic carbocycles. The van der Waals surface area contributed by atoms with Gasteiger partial charge in [0.2, 0.25) is 0 Å². The Morgan fingerprint density at radius 3 is 2.22 bits per heavy atom. The molecule has 0 fully saturated rings. The largest absolute Gasteiger partial charge is 2.00 e. The van der Waals surface area contributed by atoms with Gasteiger partial charge in [0.25, 0.3) is 0 Å². The Balaban J connectivity index is 0.00000312. The van der Waals surface area contributed by atoms with E-state index in [4.69, 9.17) is 14.7 Å². The zero-order chi connectivity index (χ0) is 30.1. The zero-order valence-electron chi connectivity index (χ0n) is 24.9. The van der Waals surface area contributed by atoms with E-state index in [2.05, 4.69) is 96.2 Å². The van der Waals surface area contributed by atoms with Crippen LogP contribution in [0.3, 0.4) is 0 Å². The molecule has 5 heterocycles. The second-order valence-corrected chi connectivity index (χ2v) is 11.3. The van der Waals surface area contributed by atoms with Crippen molar-refractivity contribution < 1.29 is 25.8 Å². The summed E-state index contributed by atoms with van der Waals surface area (Å²) in [5.41, 5.74) is 8.14. The minimum atomic E-state index is 0. The fraction of sp³-hybridized carbons (Fsp3) is 0.0513. The third kappa shape index (κ3) is 4.32. The van der Waals surface area contributed by atoms with Crippen molar-refractivity contribution in [3.63, 3.8) is 0 Å². The van der Waals surface area contributed by atoms with Crippen molar-refractivity contribution in [3.05, 3.63) is 139 Å². The van der Waals surface area contributed by atoms with E-state index in [0.29, 0.717) is 11.5 Å². The first kappa shape index (κ1) is 28.2. The van der Waals surface area contributed by atoms with Gasteiger partial charge in [0.1, 0.15) is 11.5 Å². The van der Waals surface area contributed by atoms with E-state index in [1.807, 2.05) is 47.0 Å². The maximum atomic E-state index is 6.42. The number of nitrogens with zero attached hydrogens (tertiary/aromatic N) is 5. The van der Waals surface area contributed by atoms with Gasteiger partial charge in [-0.25, -0.2) is 9.97 Å². The van der Waals surface area contributed by atoms with Crippen molar-refractivity contribution in [1.82, 2.24) is 23.9 Å². The van der Waals surface area contributed by atoms with Crippen molar-refractivity contribution in [1.29, 1.82) is 0 Å². The number of imidazole rings is 1. The smallest absolute Gasteiger partial charge is 0.503 e. The number of hydrogen-bond donors (Lipinski definition) is 0. The van der Waals surface area contributed by atoms with Gasteiger partial charge in [-0.05, 0) is 60.0 Å². The van der Waals surface area contributed by atoms with Crippen LogP contribution < -0.4 is 4.74 Å². The second-order valence-electron chi connectivity index (χ2n) is 11.3. The number of aryl methyl sites for hydroxylation is 2. The molecule has 0 N–H and O–H groups in total. The maximum Gasteiger partial charge on any atom is 2.00 e. The summed E-state index contributed by atoms with van der Waals surface area (Å²) in [5, 5.41) is 5.15. The van der Waals surface area contributed by atoms with E-state index in [1.165, 1.54) is 16.7 Å². The molecule has 0 spiro atoms. The zero-order valence-corrected chi connectivity index (χ0v) is 27.2. The fourth-order valence-corrected chi connectivity index (χ4v) is 6.57. The average molecular weight is 775 g/mol. The Morgan fingerprint density at radius 2 is 1.39 bits per heavy atom. The second kappa shape index (κ2) is 10.9. The summed E-state index contributed by atoms with van der Waals surface area (Å²) in [7, 11) is 0. The minimum absolute atomic E-state index is 0. The van der Waals surface area contributed by atoms with E-state index < -0.39 is 0 Å². The molecule has 9 rings (SSSR count). The minimum Gasteiger partial charge on any atom is -0.503 e. The van der Waals surface area contributed by atoms with Crippen molar-refractivity contribution in [3.8, 4) is 28.6 Å². The number of hydrogen-bond acceptors (Lipinski definition) is 4. The molecule has 6 nitrogen and oxygen atoms in total. The Labute approximate surface area is 279 Å². The number of fused-ring (bicyclic) bond motifs is 9. The van der Waals surface area contributed by atoms with Crippen LogP contribution in [0.25, 0.3) is 66.3 Å². The van der Waals surface area contributed by atoms with Gasteiger partial charge < -0.3 is 13.7 Å². The van der Waals surface area contributed by atoms with Crippen LogP contribution in [0, 0.1) is 26.0 Å². The summed E-state index contributed by atoms with van der Waals surface area (Å²) in [5.74, 6) is 2.01. The molecule has 7 heteroatoms. The summed E-state index contributed by atoms with van der Waals surface area (Å²) in [6.45, 7) is 4.26. The van der Waals surface area contributed by atoms with Gasteiger partial charge in [-0.15, -0.1) is 29.7 Å². The molecule has 0 unspecified atom stereocenters. The molecule has 0 aliphatic heterocycles. The molecule has 5 aromatic heterocycles. The summed E-state index contributed by atoms with van der Waals surface area (Å²) in [6, 6.07) is 40.0. The third-order valence-corrected chi connectivity index (χ3v) is 8.57. The van der Waals surface area contributed by atoms with Crippen molar-refractivity contribution in [2.45, 2.75) is 13.8 Å². The van der Waals surface area contributed by atoms with Crippen molar-refractivity contribution in [2.75, 3.05) is 0 Å². The number of ether oxygens (including phenoxy) is 1. The molecule has 0 radical (unpaired) electrons. The SMILES string of the molecule is Cc1cccc(C)c1-c1ccc2c3ccc(Oc4[c-]c5c(cc4)c4ccccc4n5-c4ccccn4)[c-]c3c3nccn3c2n1.[Pt+2]. The molecule has 0 saturated carbocycles.